The first kappa shape index (κ1) is 14.2. The van der Waals surface area contributed by atoms with Crippen LogP contribution in [-0.2, 0) is 0 Å². The van der Waals surface area contributed by atoms with Crippen LogP contribution >= 0.6 is 11.8 Å². The molecule has 0 spiro atoms. The molecular weight excluding hydrogens is 238 g/mol. The number of hydrogen-bond donors (Lipinski definition) is 3. The number of aliphatic hydroxyl groups excluding tert-OH is 2. The zero-order valence-corrected chi connectivity index (χ0v) is 11.2. The Morgan fingerprint density at radius 3 is 2.65 bits per heavy atom. The van der Waals surface area contributed by atoms with Gasteiger partial charge < -0.3 is 15.5 Å². The van der Waals surface area contributed by atoms with E-state index in [-0.39, 0.29) is 6.61 Å². The third-order valence-electron chi connectivity index (χ3n) is 2.18. The molecule has 0 fully saturated rings. The summed E-state index contributed by atoms with van der Waals surface area (Å²) in [7, 11) is 0. The van der Waals surface area contributed by atoms with Crippen molar-refractivity contribution in [2.45, 2.75) is 31.9 Å². The van der Waals surface area contributed by atoms with E-state index in [0.29, 0.717) is 11.6 Å². The maximum atomic E-state index is 9.32. The van der Waals surface area contributed by atoms with Crippen LogP contribution in [0.4, 0.5) is 5.82 Å². The molecule has 0 aromatic carbocycles. The lowest BCUT2D eigenvalue weighted by molar-refractivity contribution is 0.113. The fraction of sp³-hybridized carbons (Fsp3) is 0.636. The summed E-state index contributed by atoms with van der Waals surface area (Å²) in [5.41, 5.74) is 0.979. The van der Waals surface area contributed by atoms with Gasteiger partial charge in [0.15, 0.2) is 0 Å². The molecule has 0 saturated carbocycles. The van der Waals surface area contributed by atoms with E-state index in [4.69, 9.17) is 5.11 Å². The van der Waals surface area contributed by atoms with E-state index < -0.39 is 6.10 Å². The molecule has 0 aliphatic heterocycles. The number of thioether (sulfide) groups is 1. The molecule has 0 radical (unpaired) electrons. The van der Waals surface area contributed by atoms with E-state index in [1.165, 1.54) is 11.8 Å². The van der Waals surface area contributed by atoms with Crippen molar-refractivity contribution in [3.8, 4) is 0 Å². The lowest BCUT2D eigenvalue weighted by atomic mass is 10.3. The maximum Gasteiger partial charge on any atom is 0.133 e. The molecule has 17 heavy (non-hydrogen) atoms. The largest absolute Gasteiger partial charge is 0.394 e. The molecule has 1 rings (SSSR count). The molecule has 0 aliphatic rings. The zero-order valence-electron chi connectivity index (χ0n) is 10.4. The Hall–Kier alpha value is -0.850. The van der Waals surface area contributed by atoms with Gasteiger partial charge in [0.1, 0.15) is 16.7 Å². The maximum absolute atomic E-state index is 9.32. The van der Waals surface area contributed by atoms with Crippen molar-refractivity contribution in [2.75, 3.05) is 24.2 Å². The molecule has 6 heteroatoms. The lowest BCUT2D eigenvalue weighted by Crippen LogP contribution is -2.15. The van der Waals surface area contributed by atoms with Gasteiger partial charge in [-0.05, 0) is 20.8 Å². The highest BCUT2D eigenvalue weighted by Crippen LogP contribution is 2.25. The molecule has 0 amide bonds. The highest BCUT2D eigenvalue weighted by molar-refractivity contribution is 7.99. The number of aromatic nitrogens is 2. The first-order valence-corrected chi connectivity index (χ1v) is 6.57. The Morgan fingerprint density at radius 2 is 2.06 bits per heavy atom. The number of aryl methyl sites for hydroxylation is 1. The summed E-state index contributed by atoms with van der Waals surface area (Å²) in [5, 5.41) is 22.1. The van der Waals surface area contributed by atoms with Crippen LogP contribution in [0, 0.1) is 13.8 Å². The molecule has 0 bridgehead atoms. The Morgan fingerprint density at radius 1 is 1.35 bits per heavy atom. The van der Waals surface area contributed by atoms with Gasteiger partial charge in [0.05, 0.1) is 12.7 Å². The second-order valence-corrected chi connectivity index (χ2v) is 4.74. The number of aliphatic hydroxyl groups is 2. The van der Waals surface area contributed by atoms with E-state index in [2.05, 4.69) is 15.3 Å². The van der Waals surface area contributed by atoms with Crippen molar-refractivity contribution in [3.63, 3.8) is 0 Å². The predicted molar refractivity (Wildman–Crippen MR) is 69.5 cm³/mol. The Labute approximate surface area is 106 Å². The number of rotatable bonds is 6. The van der Waals surface area contributed by atoms with Gasteiger partial charge in [0.2, 0.25) is 0 Å². The molecule has 1 aromatic rings. The smallest absolute Gasteiger partial charge is 0.133 e. The molecule has 1 unspecified atom stereocenters. The first-order chi connectivity index (χ1) is 8.08. The summed E-state index contributed by atoms with van der Waals surface area (Å²) in [6.45, 7) is 6.38. The average Bonchev–Trinajstić information content (AvgIpc) is 2.31. The van der Waals surface area contributed by atoms with Gasteiger partial charge in [-0.2, -0.15) is 0 Å². The van der Waals surface area contributed by atoms with Crippen molar-refractivity contribution in [1.82, 2.24) is 9.97 Å². The summed E-state index contributed by atoms with van der Waals surface area (Å²) in [4.78, 5) is 8.66. The van der Waals surface area contributed by atoms with Crippen molar-refractivity contribution >= 4 is 17.6 Å². The fourth-order valence-corrected chi connectivity index (χ4v) is 2.28. The number of nitrogens with zero attached hydrogens (tertiary/aromatic N) is 2. The first-order valence-electron chi connectivity index (χ1n) is 5.59. The molecule has 0 saturated heterocycles. The highest BCUT2D eigenvalue weighted by Gasteiger charge is 2.11. The van der Waals surface area contributed by atoms with Gasteiger partial charge in [0.25, 0.3) is 0 Å². The van der Waals surface area contributed by atoms with Gasteiger partial charge in [-0.3, -0.25) is 0 Å². The van der Waals surface area contributed by atoms with Crippen LogP contribution in [0.5, 0.6) is 0 Å². The quantitative estimate of drug-likeness (QED) is 0.520. The van der Waals surface area contributed by atoms with Gasteiger partial charge in [-0.25, -0.2) is 9.97 Å². The van der Waals surface area contributed by atoms with Crippen LogP contribution in [-0.4, -0.2) is 45.2 Å². The number of anilines is 1. The predicted octanol–water partition coefficient (Wildman–Crippen LogP) is 0.971. The van der Waals surface area contributed by atoms with Crippen LogP contribution in [0.1, 0.15) is 18.3 Å². The Balaban J connectivity index is 2.83. The second kappa shape index (κ2) is 6.78. The number of nitrogens with one attached hydrogen (secondary N) is 1. The summed E-state index contributed by atoms with van der Waals surface area (Å²) >= 11 is 1.43. The second-order valence-electron chi connectivity index (χ2n) is 3.73. The van der Waals surface area contributed by atoms with E-state index in [9.17, 15) is 5.11 Å². The van der Waals surface area contributed by atoms with Crippen LogP contribution < -0.4 is 5.32 Å². The van der Waals surface area contributed by atoms with Gasteiger partial charge in [-0.15, -0.1) is 11.8 Å². The van der Waals surface area contributed by atoms with Crippen LogP contribution in [0.3, 0.4) is 0 Å². The van der Waals surface area contributed by atoms with E-state index in [0.717, 1.165) is 23.0 Å². The SMILES string of the molecule is CCNc1nc(C)nc(SCC(O)CO)c1C. The summed E-state index contributed by atoms with van der Waals surface area (Å²) in [6, 6.07) is 0. The zero-order chi connectivity index (χ0) is 12.8. The third-order valence-corrected chi connectivity index (χ3v) is 3.40. The summed E-state index contributed by atoms with van der Waals surface area (Å²) in [6.07, 6.45) is -0.711. The van der Waals surface area contributed by atoms with Crippen molar-refractivity contribution in [2.24, 2.45) is 0 Å². The Kier molecular flexibility index (Phi) is 5.67. The van der Waals surface area contributed by atoms with Crippen LogP contribution in [0.25, 0.3) is 0 Å². The molecular formula is C11H19N3O2S. The standard InChI is InChI=1S/C11H19N3O2S/c1-4-12-10-7(2)11(14-8(3)13-10)17-6-9(16)5-15/h9,15-16H,4-6H2,1-3H3,(H,12,13,14). The van der Waals surface area contributed by atoms with Gasteiger partial charge in [0, 0.05) is 17.9 Å². The average molecular weight is 257 g/mol. The van der Waals surface area contributed by atoms with Crippen LogP contribution in [0.15, 0.2) is 5.03 Å². The lowest BCUT2D eigenvalue weighted by Gasteiger charge is -2.12. The highest BCUT2D eigenvalue weighted by atomic mass is 32.2. The summed E-state index contributed by atoms with van der Waals surface area (Å²) in [5.74, 6) is 1.97. The topological polar surface area (TPSA) is 78.3 Å². The molecule has 1 aromatic heterocycles. The normalized spacial score (nSPS) is 12.5. The third kappa shape index (κ3) is 4.14. The molecule has 3 N–H and O–H groups in total. The molecule has 1 atom stereocenters. The van der Waals surface area contributed by atoms with E-state index in [1.54, 1.807) is 0 Å². The van der Waals surface area contributed by atoms with Gasteiger partial charge >= 0.3 is 0 Å². The molecule has 0 aliphatic carbocycles. The Bertz CT molecular complexity index is 374. The van der Waals surface area contributed by atoms with Crippen molar-refractivity contribution in [1.29, 1.82) is 0 Å². The monoisotopic (exact) mass is 257 g/mol. The minimum absolute atomic E-state index is 0.226. The summed E-state index contributed by atoms with van der Waals surface area (Å²) < 4.78 is 0. The van der Waals surface area contributed by atoms with E-state index in [1.807, 2.05) is 20.8 Å². The minimum Gasteiger partial charge on any atom is -0.394 e. The van der Waals surface area contributed by atoms with Gasteiger partial charge in [-0.1, -0.05) is 0 Å². The number of hydrogen-bond acceptors (Lipinski definition) is 6. The molecule has 5 nitrogen and oxygen atoms in total. The van der Waals surface area contributed by atoms with Crippen molar-refractivity contribution < 1.29 is 10.2 Å². The van der Waals surface area contributed by atoms with E-state index >= 15 is 0 Å². The minimum atomic E-state index is -0.711. The molecule has 1 heterocycles. The van der Waals surface area contributed by atoms with Crippen molar-refractivity contribution in [3.05, 3.63) is 11.4 Å². The molecule has 96 valence electrons. The fourth-order valence-electron chi connectivity index (χ4n) is 1.31. The van der Waals surface area contributed by atoms with Crippen LogP contribution in [0.2, 0.25) is 0 Å².